The Balaban J connectivity index is 1.16. The SMILES string of the molecule is C=C[C@@H]1C[C@]1(NC(=O)[C@@H]1C[C@@H]2CN1C(=O)[C@H](C1CCCC1)NC(=O)O[C@@H]1CCC[C@H]1CC/C=C/Cc1c(nc3ccccc3c1OCCO)O2)C(=O)NS(=O)(=O)C1CC1. The van der Waals surface area contributed by atoms with Gasteiger partial charge in [-0.05, 0) is 94.6 Å². The number of amides is 4. The van der Waals surface area contributed by atoms with Crippen LogP contribution >= 0.6 is 0 Å². The van der Waals surface area contributed by atoms with E-state index >= 15 is 0 Å². The van der Waals surface area contributed by atoms with Crippen molar-refractivity contribution >= 4 is 44.7 Å². The van der Waals surface area contributed by atoms with E-state index in [1.165, 1.54) is 11.0 Å². The molecule has 4 amide bonds. The molecule has 4 N–H and O–H groups in total. The Morgan fingerprint density at radius 3 is 2.56 bits per heavy atom. The summed E-state index contributed by atoms with van der Waals surface area (Å²) in [6.07, 6.45) is 12.7. The lowest BCUT2D eigenvalue weighted by atomic mass is 9.96. The smallest absolute Gasteiger partial charge is 0.408 e. The predicted molar refractivity (Wildman–Crippen MR) is 217 cm³/mol. The molecule has 2 aliphatic heterocycles. The van der Waals surface area contributed by atoms with Gasteiger partial charge in [-0.1, -0.05) is 43.2 Å². The number of carbonyl (C=O) groups excluding carboxylic acids is 4. The minimum Gasteiger partial charge on any atom is -0.490 e. The predicted octanol–water partition coefficient (Wildman–Crippen LogP) is 3.97. The quantitative estimate of drug-likeness (QED) is 0.253. The number of nitrogens with one attached hydrogen (secondary N) is 3. The fraction of sp³-hybridized carbons (Fsp3) is 0.605. The molecule has 6 aliphatic rings. The summed E-state index contributed by atoms with van der Waals surface area (Å²) in [5.41, 5.74) is -0.318. The zero-order chi connectivity index (χ0) is 41.3. The highest BCUT2D eigenvalue weighted by molar-refractivity contribution is 7.91. The molecule has 16 heteroatoms. The minimum atomic E-state index is -3.92. The first-order valence-corrected chi connectivity index (χ1v) is 22.8. The molecular weight excluding hydrogens is 779 g/mol. The summed E-state index contributed by atoms with van der Waals surface area (Å²) in [5.74, 6) is -1.72. The van der Waals surface area contributed by atoms with E-state index in [9.17, 15) is 32.7 Å². The lowest BCUT2D eigenvalue weighted by molar-refractivity contribution is -0.142. The number of aliphatic hydroxyl groups is 1. The van der Waals surface area contributed by atoms with E-state index in [0.29, 0.717) is 48.9 Å². The summed E-state index contributed by atoms with van der Waals surface area (Å²) in [5, 5.41) is 15.6. The molecular formula is C43H55N5O10S. The highest BCUT2D eigenvalue weighted by atomic mass is 32.2. The van der Waals surface area contributed by atoms with Gasteiger partial charge in [-0.25, -0.2) is 18.2 Å². The molecule has 0 spiro atoms. The number of aromatic nitrogens is 1. The van der Waals surface area contributed by atoms with Gasteiger partial charge in [-0.3, -0.25) is 19.1 Å². The first kappa shape index (κ1) is 41.1. The van der Waals surface area contributed by atoms with Gasteiger partial charge < -0.3 is 34.9 Å². The lowest BCUT2D eigenvalue weighted by Crippen LogP contribution is -2.59. The van der Waals surface area contributed by atoms with Crippen molar-refractivity contribution in [2.45, 2.75) is 125 Å². The van der Waals surface area contributed by atoms with Gasteiger partial charge in [0, 0.05) is 17.7 Å². The fourth-order valence-corrected chi connectivity index (χ4v) is 11.0. The highest BCUT2D eigenvalue weighted by Crippen LogP contribution is 2.46. The van der Waals surface area contributed by atoms with Crippen molar-refractivity contribution in [2.75, 3.05) is 19.8 Å². The van der Waals surface area contributed by atoms with E-state index in [4.69, 9.17) is 19.2 Å². The number of pyridine rings is 1. The molecule has 1 aromatic carbocycles. The molecule has 2 bridgehead atoms. The van der Waals surface area contributed by atoms with Crippen LogP contribution in [-0.4, -0.2) is 102 Å². The van der Waals surface area contributed by atoms with E-state index in [1.54, 1.807) is 0 Å². The average molecular weight is 834 g/mol. The molecule has 15 nitrogen and oxygen atoms in total. The van der Waals surface area contributed by atoms with E-state index in [-0.39, 0.29) is 56.4 Å². The number of ether oxygens (including phenoxy) is 3. The Bertz CT molecular complexity index is 2100. The van der Waals surface area contributed by atoms with Crippen LogP contribution in [0.2, 0.25) is 0 Å². The molecule has 2 aromatic rings. The van der Waals surface area contributed by atoms with Gasteiger partial charge in [-0.15, -0.1) is 6.58 Å². The van der Waals surface area contributed by atoms with Crippen molar-refractivity contribution in [3.05, 3.63) is 54.6 Å². The van der Waals surface area contributed by atoms with Crippen molar-refractivity contribution in [1.29, 1.82) is 0 Å². The number of hydrogen-bond acceptors (Lipinski definition) is 11. The Morgan fingerprint density at radius 2 is 1.81 bits per heavy atom. The maximum atomic E-state index is 14.9. The number of hydrogen-bond donors (Lipinski definition) is 4. The van der Waals surface area contributed by atoms with Crippen LogP contribution in [0, 0.1) is 17.8 Å². The Morgan fingerprint density at radius 1 is 1.03 bits per heavy atom. The molecule has 4 aliphatic carbocycles. The molecule has 8 rings (SSSR count). The summed E-state index contributed by atoms with van der Waals surface area (Å²) in [7, 11) is -3.92. The second kappa shape index (κ2) is 17.1. The second-order valence-electron chi connectivity index (χ2n) is 17.0. The number of para-hydroxylation sites is 1. The van der Waals surface area contributed by atoms with Crippen LogP contribution in [0.4, 0.5) is 4.79 Å². The monoisotopic (exact) mass is 833 g/mol. The largest absolute Gasteiger partial charge is 0.490 e. The van der Waals surface area contributed by atoms with Crippen molar-refractivity contribution < 1.29 is 46.9 Å². The number of alkyl carbamates (subject to hydrolysis) is 1. The normalized spacial score (nSPS) is 30.8. The summed E-state index contributed by atoms with van der Waals surface area (Å²) < 4.78 is 46.8. The molecule has 318 valence electrons. The molecule has 59 heavy (non-hydrogen) atoms. The third kappa shape index (κ3) is 8.66. The lowest BCUT2D eigenvalue weighted by Gasteiger charge is -2.32. The average Bonchev–Trinajstić information content (AvgIpc) is 4.01. The summed E-state index contributed by atoms with van der Waals surface area (Å²) in [6, 6.07) is 5.34. The third-order valence-corrected chi connectivity index (χ3v) is 14.9. The number of allylic oxidation sites excluding steroid dienone is 2. The van der Waals surface area contributed by atoms with Crippen LogP contribution in [0.1, 0.15) is 89.0 Å². The summed E-state index contributed by atoms with van der Waals surface area (Å²) in [4.78, 5) is 63.2. The Kier molecular flexibility index (Phi) is 11.9. The van der Waals surface area contributed by atoms with Gasteiger partial charge in [0.15, 0.2) is 0 Å². The van der Waals surface area contributed by atoms with Gasteiger partial charge in [-0.2, -0.15) is 0 Å². The number of benzene rings is 1. The van der Waals surface area contributed by atoms with Crippen molar-refractivity contribution in [1.82, 2.24) is 25.2 Å². The van der Waals surface area contributed by atoms with Gasteiger partial charge in [0.1, 0.15) is 42.2 Å². The molecule has 7 atom stereocenters. The van der Waals surface area contributed by atoms with Gasteiger partial charge in [0.2, 0.25) is 27.7 Å². The number of carbonyl (C=O) groups is 4. The van der Waals surface area contributed by atoms with Crippen LogP contribution in [0.15, 0.2) is 49.1 Å². The van der Waals surface area contributed by atoms with Crippen LogP contribution < -0.4 is 24.8 Å². The first-order chi connectivity index (χ1) is 28.5. The van der Waals surface area contributed by atoms with E-state index in [1.807, 2.05) is 30.3 Å². The zero-order valence-corrected chi connectivity index (χ0v) is 34.1. The standard InChI is InChI=1S/C43H55N5O10S/c1-2-28-24-43(28,41(52)47-59(54,55)30-19-20-30)46-38(50)34-23-29-25-48(34)40(51)36(27-12-6-7-13-27)45-42(53)58-35-18-10-14-26(35)11-4-3-5-16-32-37(56-22-21-49)31-15-8-9-17-33(31)44-39(32)57-29/h2-3,5,8-9,15,17,26-30,34-36,49H,1,4,6-7,10-14,16,18-25H2,(H,45,53)(H,46,50)(H,47,52)/b5-3+/t26-,28-,29-,34+,35-,36+,43-/m1/s1. The Hall–Kier alpha value is -4.70. The van der Waals surface area contributed by atoms with E-state index in [0.717, 1.165) is 50.3 Å². The fourth-order valence-electron chi connectivity index (χ4n) is 9.61. The topological polar surface area (TPSA) is 203 Å². The van der Waals surface area contributed by atoms with Crippen molar-refractivity contribution in [3.8, 4) is 11.6 Å². The molecule has 4 saturated carbocycles. The molecule has 1 saturated heterocycles. The third-order valence-electron chi connectivity index (χ3n) is 13.1. The van der Waals surface area contributed by atoms with Crippen LogP contribution in [-0.2, 0) is 35.6 Å². The number of nitrogens with zero attached hydrogens (tertiary/aromatic N) is 2. The van der Waals surface area contributed by atoms with Crippen LogP contribution in [0.5, 0.6) is 11.6 Å². The van der Waals surface area contributed by atoms with Crippen molar-refractivity contribution in [3.63, 3.8) is 0 Å². The maximum Gasteiger partial charge on any atom is 0.408 e. The molecule has 0 radical (unpaired) electrons. The van der Waals surface area contributed by atoms with Gasteiger partial charge >= 0.3 is 6.09 Å². The van der Waals surface area contributed by atoms with E-state index < -0.39 is 68.7 Å². The van der Waals surface area contributed by atoms with Crippen LogP contribution in [0.25, 0.3) is 10.9 Å². The second-order valence-corrected chi connectivity index (χ2v) is 19.0. The summed E-state index contributed by atoms with van der Waals surface area (Å²) >= 11 is 0. The molecule has 3 heterocycles. The van der Waals surface area contributed by atoms with Crippen molar-refractivity contribution in [2.24, 2.45) is 17.8 Å². The first-order valence-electron chi connectivity index (χ1n) is 21.3. The molecule has 0 unspecified atom stereocenters. The minimum absolute atomic E-state index is 0.0105. The zero-order valence-electron chi connectivity index (χ0n) is 33.3. The molecule has 5 fully saturated rings. The number of fused-ring (bicyclic) bond motifs is 5. The maximum absolute atomic E-state index is 14.9. The van der Waals surface area contributed by atoms with Gasteiger partial charge in [0.05, 0.1) is 29.5 Å². The Labute approximate surface area is 344 Å². The van der Waals surface area contributed by atoms with E-state index in [2.05, 4.69) is 28.0 Å². The number of aliphatic hydroxyl groups excluding tert-OH is 1. The number of sulfonamides is 1. The summed E-state index contributed by atoms with van der Waals surface area (Å²) in [6.45, 7) is 3.60. The number of rotatable bonds is 10. The molecule has 1 aromatic heterocycles. The van der Waals surface area contributed by atoms with Crippen LogP contribution in [0.3, 0.4) is 0 Å². The highest BCUT2D eigenvalue weighted by Gasteiger charge is 2.62. The van der Waals surface area contributed by atoms with Gasteiger partial charge in [0.25, 0.3) is 5.91 Å².